The van der Waals surface area contributed by atoms with E-state index in [1.54, 1.807) is 0 Å². The van der Waals surface area contributed by atoms with Gasteiger partial charge in [0.2, 0.25) is 0 Å². The Balaban J connectivity index is 2.62. The van der Waals surface area contributed by atoms with E-state index < -0.39 is 11.7 Å². The maximum Gasteiger partial charge on any atom is 0.416 e. The molecule has 0 saturated carbocycles. The van der Waals surface area contributed by atoms with Crippen LogP contribution in [0.15, 0.2) is 18.2 Å². The molecule has 4 heteroatoms. The van der Waals surface area contributed by atoms with Gasteiger partial charge in [-0.15, -0.1) is 11.3 Å². The van der Waals surface area contributed by atoms with Gasteiger partial charge in [0.25, 0.3) is 0 Å². The van der Waals surface area contributed by atoms with E-state index in [2.05, 4.69) is 6.07 Å². The number of aryl methyl sites for hydroxylation is 1. The molecule has 0 saturated heterocycles. The SMILES string of the molecule is Cc1[c]c2ccc(C(F)(F)F)cc2s1. The van der Waals surface area contributed by atoms with Crippen molar-refractivity contribution in [1.29, 1.82) is 0 Å². The molecule has 1 radical (unpaired) electrons. The first-order valence-corrected chi connectivity index (χ1v) is 4.78. The predicted octanol–water partition coefficient (Wildman–Crippen LogP) is 4.03. The summed E-state index contributed by atoms with van der Waals surface area (Å²) in [6.45, 7) is 1.83. The van der Waals surface area contributed by atoms with Crippen molar-refractivity contribution in [2.75, 3.05) is 0 Å². The second-order valence-corrected chi connectivity index (χ2v) is 4.25. The summed E-state index contributed by atoms with van der Waals surface area (Å²) in [5.74, 6) is 0. The Morgan fingerprint density at radius 2 is 2.00 bits per heavy atom. The topological polar surface area (TPSA) is 0 Å². The lowest BCUT2D eigenvalue weighted by atomic mass is 10.2. The normalized spacial score (nSPS) is 12.3. The number of fused-ring (bicyclic) bond motifs is 1. The minimum Gasteiger partial charge on any atom is -0.166 e. The van der Waals surface area contributed by atoms with E-state index >= 15 is 0 Å². The third kappa shape index (κ3) is 1.62. The maximum absolute atomic E-state index is 12.3. The fourth-order valence-corrected chi connectivity index (χ4v) is 2.17. The van der Waals surface area contributed by atoms with Crippen LogP contribution in [0.1, 0.15) is 10.4 Å². The maximum atomic E-state index is 12.3. The van der Waals surface area contributed by atoms with Gasteiger partial charge >= 0.3 is 6.18 Å². The van der Waals surface area contributed by atoms with Gasteiger partial charge in [0.05, 0.1) is 5.56 Å². The number of hydrogen-bond acceptors (Lipinski definition) is 1. The standard InChI is InChI=1S/C10H6F3S/c1-6-4-7-2-3-8(10(11,12)13)5-9(7)14-6/h2-3,5H,1H3. The van der Waals surface area contributed by atoms with Gasteiger partial charge in [-0.05, 0) is 19.1 Å². The van der Waals surface area contributed by atoms with Crippen LogP contribution in [0.4, 0.5) is 13.2 Å². The lowest BCUT2D eigenvalue weighted by molar-refractivity contribution is -0.137. The summed E-state index contributed by atoms with van der Waals surface area (Å²) in [5.41, 5.74) is -0.597. The Bertz CT molecular complexity index is 468. The molecule has 0 atom stereocenters. The van der Waals surface area contributed by atoms with Crippen molar-refractivity contribution < 1.29 is 13.2 Å². The fraction of sp³-hybridized carbons (Fsp3) is 0.200. The number of alkyl halides is 3. The molecular formula is C10H6F3S. The highest BCUT2D eigenvalue weighted by atomic mass is 32.1. The molecule has 0 aliphatic carbocycles. The van der Waals surface area contributed by atoms with Gasteiger partial charge in [-0.2, -0.15) is 13.2 Å². The molecule has 0 N–H and O–H groups in total. The number of benzene rings is 1. The summed E-state index contributed by atoms with van der Waals surface area (Å²) >= 11 is 1.33. The summed E-state index contributed by atoms with van der Waals surface area (Å²) in [4.78, 5) is 0.902. The third-order valence-electron chi connectivity index (χ3n) is 1.88. The van der Waals surface area contributed by atoms with Crippen LogP contribution in [0, 0.1) is 13.0 Å². The highest BCUT2D eigenvalue weighted by Gasteiger charge is 2.30. The van der Waals surface area contributed by atoms with Crippen LogP contribution in [0.25, 0.3) is 10.1 Å². The quantitative estimate of drug-likeness (QED) is 0.622. The molecule has 0 spiro atoms. The van der Waals surface area contributed by atoms with Crippen LogP contribution in [-0.4, -0.2) is 0 Å². The van der Waals surface area contributed by atoms with Gasteiger partial charge < -0.3 is 0 Å². The Kier molecular flexibility index (Phi) is 2.03. The molecule has 0 amide bonds. The zero-order chi connectivity index (χ0) is 10.3. The van der Waals surface area contributed by atoms with Crippen molar-refractivity contribution in [3.8, 4) is 0 Å². The molecular weight excluding hydrogens is 209 g/mol. The van der Waals surface area contributed by atoms with E-state index in [1.165, 1.54) is 23.5 Å². The molecule has 0 bridgehead atoms. The summed E-state index contributed by atoms with van der Waals surface area (Å²) in [7, 11) is 0. The van der Waals surface area contributed by atoms with Gasteiger partial charge in [0.15, 0.2) is 0 Å². The zero-order valence-electron chi connectivity index (χ0n) is 7.27. The number of halogens is 3. The minimum atomic E-state index is -4.26. The highest BCUT2D eigenvalue weighted by molar-refractivity contribution is 7.18. The van der Waals surface area contributed by atoms with E-state index in [1.807, 2.05) is 6.92 Å². The van der Waals surface area contributed by atoms with E-state index in [4.69, 9.17) is 0 Å². The summed E-state index contributed by atoms with van der Waals surface area (Å²) in [5, 5.41) is 0.750. The van der Waals surface area contributed by atoms with Crippen LogP contribution in [0.5, 0.6) is 0 Å². The summed E-state index contributed by atoms with van der Waals surface area (Å²) in [6, 6.07) is 6.71. The smallest absolute Gasteiger partial charge is 0.166 e. The predicted molar refractivity (Wildman–Crippen MR) is 50.4 cm³/mol. The molecule has 1 aromatic heterocycles. The molecule has 73 valence electrons. The van der Waals surface area contributed by atoms with Gasteiger partial charge in [0.1, 0.15) is 0 Å². The van der Waals surface area contributed by atoms with Gasteiger partial charge in [-0.3, -0.25) is 0 Å². The Morgan fingerprint density at radius 3 is 2.64 bits per heavy atom. The molecule has 0 fully saturated rings. The lowest BCUT2D eigenvalue weighted by Crippen LogP contribution is -2.03. The summed E-state index contributed by atoms with van der Waals surface area (Å²) < 4.78 is 37.6. The van der Waals surface area contributed by atoms with Crippen molar-refractivity contribution in [3.05, 3.63) is 34.7 Å². The highest BCUT2D eigenvalue weighted by Crippen LogP contribution is 2.33. The first kappa shape index (κ1) is 9.52. The third-order valence-corrected chi connectivity index (χ3v) is 2.85. The number of thiophene rings is 1. The number of hydrogen-bond donors (Lipinski definition) is 0. The Morgan fingerprint density at radius 1 is 1.29 bits per heavy atom. The molecule has 1 heterocycles. The largest absolute Gasteiger partial charge is 0.416 e. The molecule has 14 heavy (non-hydrogen) atoms. The fourth-order valence-electron chi connectivity index (χ4n) is 1.27. The molecule has 2 rings (SSSR count). The first-order valence-electron chi connectivity index (χ1n) is 3.96. The Hall–Kier alpha value is -1.03. The molecule has 1 aromatic carbocycles. The zero-order valence-corrected chi connectivity index (χ0v) is 8.09. The second-order valence-electron chi connectivity index (χ2n) is 2.99. The van der Waals surface area contributed by atoms with E-state index in [0.29, 0.717) is 4.70 Å². The average molecular weight is 215 g/mol. The first-order chi connectivity index (χ1) is 6.47. The minimum absolute atomic E-state index is 0.597. The van der Waals surface area contributed by atoms with E-state index in [0.717, 1.165) is 16.3 Å². The van der Waals surface area contributed by atoms with Crippen molar-refractivity contribution >= 4 is 21.4 Å². The monoisotopic (exact) mass is 215 g/mol. The molecule has 0 aliphatic heterocycles. The van der Waals surface area contributed by atoms with Crippen LogP contribution >= 0.6 is 11.3 Å². The molecule has 0 aliphatic rings. The second kappa shape index (κ2) is 2.98. The van der Waals surface area contributed by atoms with Crippen molar-refractivity contribution in [3.63, 3.8) is 0 Å². The van der Waals surface area contributed by atoms with Crippen molar-refractivity contribution in [2.24, 2.45) is 0 Å². The lowest BCUT2D eigenvalue weighted by Gasteiger charge is -2.05. The Labute approximate surface area is 83.0 Å². The van der Waals surface area contributed by atoms with Crippen LogP contribution < -0.4 is 0 Å². The molecule has 2 aromatic rings. The van der Waals surface area contributed by atoms with E-state index in [-0.39, 0.29) is 0 Å². The summed E-state index contributed by atoms with van der Waals surface area (Å²) in [6.07, 6.45) is -4.26. The van der Waals surface area contributed by atoms with Crippen LogP contribution in [0.3, 0.4) is 0 Å². The van der Waals surface area contributed by atoms with Crippen molar-refractivity contribution in [1.82, 2.24) is 0 Å². The van der Waals surface area contributed by atoms with Gasteiger partial charge in [-0.1, -0.05) is 6.07 Å². The molecule has 0 unspecified atom stereocenters. The van der Waals surface area contributed by atoms with Crippen molar-refractivity contribution in [2.45, 2.75) is 13.1 Å². The molecule has 0 nitrogen and oxygen atoms in total. The van der Waals surface area contributed by atoms with Gasteiger partial charge in [-0.25, -0.2) is 0 Å². The average Bonchev–Trinajstić information content (AvgIpc) is 2.41. The number of rotatable bonds is 0. The van der Waals surface area contributed by atoms with E-state index in [9.17, 15) is 13.2 Å². The van der Waals surface area contributed by atoms with Gasteiger partial charge in [0, 0.05) is 21.0 Å². The van der Waals surface area contributed by atoms with Crippen LogP contribution in [0.2, 0.25) is 0 Å². The van der Waals surface area contributed by atoms with Crippen LogP contribution in [-0.2, 0) is 6.18 Å².